The van der Waals surface area contributed by atoms with Crippen molar-refractivity contribution in [2.75, 3.05) is 0 Å². The Morgan fingerprint density at radius 2 is 2.07 bits per heavy atom. The molecule has 5 rings (SSSR count). The molecule has 0 saturated heterocycles. The van der Waals surface area contributed by atoms with Gasteiger partial charge in [0.15, 0.2) is 5.16 Å². The van der Waals surface area contributed by atoms with Crippen molar-refractivity contribution in [2.24, 2.45) is 0 Å². The van der Waals surface area contributed by atoms with E-state index in [1.807, 2.05) is 18.2 Å². The van der Waals surface area contributed by atoms with Crippen LogP contribution in [-0.4, -0.2) is 19.5 Å². The monoisotopic (exact) mass is 424 g/mol. The summed E-state index contributed by atoms with van der Waals surface area (Å²) in [6, 6.07) is 7.30. The predicted octanol–water partition coefficient (Wildman–Crippen LogP) is 3.89. The van der Waals surface area contributed by atoms with E-state index < -0.39 is 0 Å². The molecule has 4 aromatic rings. The van der Waals surface area contributed by atoms with Crippen LogP contribution in [-0.2, 0) is 25.1 Å². The number of para-hydroxylation sites is 1. The van der Waals surface area contributed by atoms with E-state index in [-0.39, 0.29) is 11.1 Å². The van der Waals surface area contributed by atoms with E-state index in [9.17, 15) is 9.59 Å². The van der Waals surface area contributed by atoms with Crippen molar-refractivity contribution in [1.82, 2.24) is 19.5 Å². The summed E-state index contributed by atoms with van der Waals surface area (Å²) in [5.41, 5.74) is 1.81. The molecular weight excluding hydrogens is 404 g/mol. The van der Waals surface area contributed by atoms with Gasteiger partial charge in [-0.05, 0) is 43.4 Å². The van der Waals surface area contributed by atoms with E-state index in [0.29, 0.717) is 34.2 Å². The number of hydrogen-bond donors (Lipinski definition) is 1. The zero-order valence-electron chi connectivity index (χ0n) is 16.0. The molecule has 29 heavy (non-hydrogen) atoms. The number of H-pyrrole nitrogens is 1. The second-order valence-electron chi connectivity index (χ2n) is 7.21. The molecular formula is C21H20N4O2S2. The molecule has 3 aromatic heterocycles. The molecule has 1 aliphatic carbocycles. The van der Waals surface area contributed by atoms with Gasteiger partial charge in [0.2, 0.25) is 0 Å². The van der Waals surface area contributed by atoms with Crippen molar-refractivity contribution in [2.45, 2.75) is 50.1 Å². The molecule has 0 unspecified atom stereocenters. The first-order valence-corrected chi connectivity index (χ1v) is 11.6. The minimum Gasteiger partial charge on any atom is -0.309 e. The van der Waals surface area contributed by atoms with Crippen LogP contribution in [0.4, 0.5) is 0 Å². The van der Waals surface area contributed by atoms with E-state index in [1.54, 1.807) is 22.0 Å². The lowest BCUT2D eigenvalue weighted by Gasteiger charge is -2.11. The zero-order valence-corrected chi connectivity index (χ0v) is 17.7. The van der Waals surface area contributed by atoms with Crippen LogP contribution in [0.5, 0.6) is 0 Å². The van der Waals surface area contributed by atoms with E-state index in [1.165, 1.54) is 22.2 Å². The number of fused-ring (bicyclic) bond motifs is 4. The minimum atomic E-state index is -0.143. The second kappa shape index (κ2) is 7.42. The number of hydrogen-bond acceptors (Lipinski definition) is 6. The van der Waals surface area contributed by atoms with Crippen LogP contribution >= 0.6 is 23.1 Å². The minimum absolute atomic E-state index is 0.0683. The number of rotatable bonds is 5. The van der Waals surface area contributed by atoms with Crippen molar-refractivity contribution < 1.29 is 0 Å². The highest BCUT2D eigenvalue weighted by Crippen LogP contribution is 2.35. The number of aromatic nitrogens is 4. The van der Waals surface area contributed by atoms with Gasteiger partial charge in [-0.1, -0.05) is 30.8 Å². The van der Waals surface area contributed by atoms with Gasteiger partial charge in [-0.2, -0.15) is 0 Å². The first kappa shape index (κ1) is 18.6. The normalized spacial score (nSPS) is 13.4. The van der Waals surface area contributed by atoms with Crippen LogP contribution in [0.15, 0.2) is 39.0 Å². The van der Waals surface area contributed by atoms with E-state index in [4.69, 9.17) is 4.98 Å². The molecule has 1 aliphatic rings. The smallest absolute Gasteiger partial charge is 0.263 e. The van der Waals surface area contributed by atoms with Gasteiger partial charge in [0.05, 0.1) is 22.0 Å². The van der Waals surface area contributed by atoms with Crippen molar-refractivity contribution in [3.8, 4) is 0 Å². The topological polar surface area (TPSA) is 80.6 Å². The lowest BCUT2D eigenvalue weighted by Crippen LogP contribution is -2.23. The molecule has 0 saturated carbocycles. The molecule has 148 valence electrons. The second-order valence-corrected chi connectivity index (χ2v) is 9.23. The molecule has 0 radical (unpaired) electrons. The SMILES string of the molecule is CCCn1c(SCc2nc3ccccc3c(=O)[nH]2)nc2sc3c(c2c1=O)CCC3. The number of thioether (sulfide) groups is 1. The summed E-state index contributed by atoms with van der Waals surface area (Å²) in [5.74, 6) is 1.04. The molecule has 0 spiro atoms. The quantitative estimate of drug-likeness (QED) is 0.388. The third-order valence-corrected chi connectivity index (χ3v) is 7.41. The Morgan fingerprint density at radius 1 is 1.21 bits per heavy atom. The van der Waals surface area contributed by atoms with E-state index >= 15 is 0 Å². The standard InChI is InChI=1S/C21H20N4O2S2/c1-2-10-25-20(27)17-13-7-5-9-15(13)29-19(17)24-21(25)28-11-16-22-14-8-4-3-6-12(14)18(26)23-16/h3-4,6,8H,2,5,7,9-11H2,1H3,(H,22,23,26). The van der Waals surface area contributed by atoms with Crippen molar-refractivity contribution in [1.29, 1.82) is 0 Å². The van der Waals surface area contributed by atoms with Crippen LogP contribution < -0.4 is 11.1 Å². The molecule has 8 heteroatoms. The summed E-state index contributed by atoms with van der Waals surface area (Å²) in [6.07, 6.45) is 4.02. The first-order valence-electron chi connectivity index (χ1n) is 9.81. The third-order valence-electron chi connectivity index (χ3n) is 5.24. The molecule has 0 bridgehead atoms. The van der Waals surface area contributed by atoms with Crippen LogP contribution in [0.1, 0.15) is 36.0 Å². The molecule has 0 amide bonds. The number of nitrogens with zero attached hydrogens (tertiary/aromatic N) is 3. The zero-order chi connectivity index (χ0) is 20.0. The van der Waals surface area contributed by atoms with Crippen LogP contribution in [0.2, 0.25) is 0 Å². The summed E-state index contributed by atoms with van der Waals surface area (Å²) in [7, 11) is 0. The van der Waals surface area contributed by atoms with Crippen molar-refractivity contribution in [3.05, 3.63) is 61.2 Å². The number of aryl methyl sites for hydroxylation is 2. The molecule has 1 aromatic carbocycles. The van der Waals surface area contributed by atoms with Gasteiger partial charge in [0, 0.05) is 11.4 Å². The Kier molecular flexibility index (Phi) is 4.75. The largest absolute Gasteiger partial charge is 0.309 e. The highest BCUT2D eigenvalue weighted by Gasteiger charge is 2.23. The maximum Gasteiger partial charge on any atom is 0.263 e. The lowest BCUT2D eigenvalue weighted by atomic mass is 10.2. The summed E-state index contributed by atoms with van der Waals surface area (Å²) in [5, 5.41) is 2.09. The average molecular weight is 425 g/mol. The van der Waals surface area contributed by atoms with E-state index in [2.05, 4.69) is 16.9 Å². The average Bonchev–Trinajstić information content (AvgIpc) is 3.30. The fourth-order valence-corrected chi connectivity index (χ4v) is 6.12. The van der Waals surface area contributed by atoms with Crippen molar-refractivity contribution >= 4 is 44.2 Å². The van der Waals surface area contributed by atoms with Crippen LogP contribution in [0.25, 0.3) is 21.1 Å². The Morgan fingerprint density at radius 3 is 2.93 bits per heavy atom. The predicted molar refractivity (Wildman–Crippen MR) is 118 cm³/mol. The lowest BCUT2D eigenvalue weighted by molar-refractivity contribution is 0.585. The maximum absolute atomic E-state index is 13.2. The third kappa shape index (κ3) is 3.20. The highest BCUT2D eigenvalue weighted by atomic mass is 32.2. The maximum atomic E-state index is 13.2. The van der Waals surface area contributed by atoms with Gasteiger partial charge in [0.1, 0.15) is 10.7 Å². The fourth-order valence-electron chi connectivity index (χ4n) is 3.93. The van der Waals surface area contributed by atoms with Gasteiger partial charge < -0.3 is 4.98 Å². The van der Waals surface area contributed by atoms with E-state index in [0.717, 1.165) is 35.9 Å². The highest BCUT2D eigenvalue weighted by molar-refractivity contribution is 7.98. The number of nitrogens with one attached hydrogen (secondary N) is 1. The van der Waals surface area contributed by atoms with Crippen LogP contribution in [0, 0.1) is 0 Å². The summed E-state index contributed by atoms with van der Waals surface area (Å²) >= 11 is 3.11. The Labute approximate surface area is 175 Å². The molecule has 0 aliphatic heterocycles. The Hall–Kier alpha value is -2.45. The molecule has 0 fully saturated rings. The number of benzene rings is 1. The van der Waals surface area contributed by atoms with Gasteiger partial charge in [0.25, 0.3) is 11.1 Å². The summed E-state index contributed by atoms with van der Waals surface area (Å²) in [6.45, 7) is 2.70. The van der Waals surface area contributed by atoms with Crippen LogP contribution in [0.3, 0.4) is 0 Å². The molecule has 6 nitrogen and oxygen atoms in total. The van der Waals surface area contributed by atoms with Gasteiger partial charge in [-0.3, -0.25) is 14.2 Å². The summed E-state index contributed by atoms with van der Waals surface area (Å²) in [4.78, 5) is 40.0. The molecule has 3 heterocycles. The van der Waals surface area contributed by atoms with Crippen molar-refractivity contribution in [3.63, 3.8) is 0 Å². The number of aromatic amines is 1. The molecule has 0 atom stereocenters. The Balaban J connectivity index is 1.54. The Bertz CT molecular complexity index is 1350. The number of thiophene rings is 1. The van der Waals surface area contributed by atoms with Gasteiger partial charge in [-0.15, -0.1) is 11.3 Å². The van der Waals surface area contributed by atoms with Gasteiger partial charge in [-0.25, -0.2) is 9.97 Å². The first-order chi connectivity index (χ1) is 14.2. The fraction of sp³-hybridized carbons (Fsp3) is 0.333. The molecule has 1 N–H and O–H groups in total. The van der Waals surface area contributed by atoms with Gasteiger partial charge >= 0.3 is 0 Å². The summed E-state index contributed by atoms with van der Waals surface area (Å²) < 4.78 is 1.79.